The lowest BCUT2D eigenvalue weighted by atomic mass is 9.91. The highest BCUT2D eigenvalue weighted by Gasteiger charge is 2.21. The second-order valence-electron chi connectivity index (χ2n) is 4.54. The molecule has 1 aliphatic rings. The molecule has 0 aliphatic heterocycles. The van der Waals surface area contributed by atoms with Gasteiger partial charge in [0.05, 0.1) is 5.56 Å². The van der Waals surface area contributed by atoms with E-state index in [9.17, 15) is 4.39 Å². The zero-order valence-electron chi connectivity index (χ0n) is 9.79. The van der Waals surface area contributed by atoms with E-state index in [1.165, 1.54) is 0 Å². The minimum atomic E-state index is -0.560. The van der Waals surface area contributed by atoms with Gasteiger partial charge in [0.1, 0.15) is 11.2 Å². The first-order chi connectivity index (χ1) is 8.60. The summed E-state index contributed by atoms with van der Waals surface area (Å²) in [6.45, 7) is 0. The van der Waals surface area contributed by atoms with Crippen molar-refractivity contribution >= 4 is 17.4 Å². The molecule has 4 nitrogen and oxygen atoms in total. The molecule has 1 aromatic rings. The number of nitrogens with zero attached hydrogens (tertiary/aromatic N) is 2. The summed E-state index contributed by atoms with van der Waals surface area (Å²) in [5.74, 6) is -0.465. The van der Waals surface area contributed by atoms with Crippen molar-refractivity contribution in [2.75, 3.05) is 5.32 Å². The average molecular weight is 269 g/mol. The van der Waals surface area contributed by atoms with Gasteiger partial charge < -0.3 is 11.1 Å². The summed E-state index contributed by atoms with van der Waals surface area (Å²) in [4.78, 5) is 3.88. The molecule has 18 heavy (non-hydrogen) atoms. The van der Waals surface area contributed by atoms with E-state index in [0.29, 0.717) is 0 Å². The Morgan fingerprint density at radius 2 is 2.33 bits per heavy atom. The van der Waals surface area contributed by atoms with Gasteiger partial charge in [-0.1, -0.05) is 11.6 Å². The van der Waals surface area contributed by atoms with Gasteiger partial charge in [-0.05, 0) is 31.7 Å². The monoisotopic (exact) mass is 268 g/mol. The number of rotatable bonds is 2. The molecule has 1 fully saturated rings. The van der Waals surface area contributed by atoms with E-state index in [0.717, 1.165) is 31.7 Å². The zero-order chi connectivity index (χ0) is 13.1. The smallest absolute Gasteiger partial charge is 0.166 e. The van der Waals surface area contributed by atoms with Gasteiger partial charge in [0.2, 0.25) is 0 Å². The van der Waals surface area contributed by atoms with Crippen LogP contribution < -0.4 is 11.1 Å². The van der Waals surface area contributed by atoms with Crippen molar-refractivity contribution in [1.29, 1.82) is 5.26 Å². The molecule has 0 radical (unpaired) electrons. The maximum atomic E-state index is 13.7. The van der Waals surface area contributed by atoms with Crippen LogP contribution in [0.3, 0.4) is 0 Å². The molecule has 6 heteroatoms. The standard InChI is InChI=1S/C12H14ClFN4/c13-11-7(6-15)4-10(14)12(18-11)17-9-3-1-2-8(16)5-9/h4,8-9H,1-3,5,16H2,(H,17,18)/t8-,9+/m1/s1. The first-order valence-electron chi connectivity index (χ1n) is 5.88. The van der Waals surface area contributed by atoms with E-state index in [1.54, 1.807) is 6.07 Å². The number of anilines is 1. The van der Waals surface area contributed by atoms with Crippen LogP contribution in [0.1, 0.15) is 31.2 Å². The Hall–Kier alpha value is -1.38. The van der Waals surface area contributed by atoms with Gasteiger partial charge in [0, 0.05) is 12.1 Å². The van der Waals surface area contributed by atoms with Gasteiger partial charge in [-0.2, -0.15) is 5.26 Å². The molecule has 1 aliphatic carbocycles. The van der Waals surface area contributed by atoms with E-state index < -0.39 is 5.82 Å². The molecular formula is C12H14ClFN4. The van der Waals surface area contributed by atoms with Crippen LogP contribution >= 0.6 is 11.6 Å². The molecule has 0 bridgehead atoms. The Kier molecular flexibility index (Phi) is 4.00. The van der Waals surface area contributed by atoms with Crippen molar-refractivity contribution in [3.63, 3.8) is 0 Å². The fraction of sp³-hybridized carbons (Fsp3) is 0.500. The highest BCUT2D eigenvalue weighted by molar-refractivity contribution is 6.30. The minimum absolute atomic E-state index is 0.0153. The Balaban J connectivity index is 2.14. The molecule has 0 saturated heterocycles. The molecule has 0 spiro atoms. The number of nitriles is 1. The number of hydrogen-bond acceptors (Lipinski definition) is 4. The van der Waals surface area contributed by atoms with Gasteiger partial charge in [-0.15, -0.1) is 0 Å². The Labute approximate surface area is 110 Å². The van der Waals surface area contributed by atoms with Crippen molar-refractivity contribution < 1.29 is 4.39 Å². The number of nitrogens with two attached hydrogens (primary N) is 1. The molecule has 96 valence electrons. The third-order valence-corrected chi connectivity index (χ3v) is 3.39. The van der Waals surface area contributed by atoms with Gasteiger partial charge in [-0.25, -0.2) is 9.37 Å². The molecule has 2 rings (SSSR count). The first-order valence-corrected chi connectivity index (χ1v) is 6.26. The zero-order valence-corrected chi connectivity index (χ0v) is 10.5. The SMILES string of the molecule is N#Cc1cc(F)c(N[C@H]2CCC[C@@H](N)C2)nc1Cl. The summed E-state index contributed by atoms with van der Waals surface area (Å²) >= 11 is 5.78. The lowest BCUT2D eigenvalue weighted by Gasteiger charge is -2.27. The number of halogens is 2. The maximum Gasteiger partial charge on any atom is 0.166 e. The van der Waals surface area contributed by atoms with Crippen molar-refractivity contribution in [2.45, 2.75) is 37.8 Å². The molecule has 1 heterocycles. The van der Waals surface area contributed by atoms with Gasteiger partial charge in [0.25, 0.3) is 0 Å². The van der Waals surface area contributed by atoms with Crippen molar-refractivity contribution in [1.82, 2.24) is 4.98 Å². The summed E-state index contributed by atoms with van der Waals surface area (Å²) in [6.07, 6.45) is 3.75. The highest BCUT2D eigenvalue weighted by atomic mass is 35.5. The van der Waals surface area contributed by atoms with Crippen LogP contribution in [-0.2, 0) is 0 Å². The fourth-order valence-corrected chi connectivity index (χ4v) is 2.38. The third-order valence-electron chi connectivity index (χ3n) is 3.11. The van der Waals surface area contributed by atoms with Gasteiger partial charge in [0.15, 0.2) is 11.6 Å². The highest BCUT2D eigenvalue weighted by Crippen LogP contribution is 2.24. The summed E-state index contributed by atoms with van der Waals surface area (Å²) < 4.78 is 13.7. The summed E-state index contributed by atoms with van der Waals surface area (Å²) in [5.41, 5.74) is 5.91. The average Bonchev–Trinajstić information content (AvgIpc) is 2.33. The largest absolute Gasteiger partial charge is 0.365 e. The van der Waals surface area contributed by atoms with E-state index in [4.69, 9.17) is 22.6 Å². The van der Waals surface area contributed by atoms with Crippen molar-refractivity contribution in [3.05, 3.63) is 22.6 Å². The number of hydrogen-bond donors (Lipinski definition) is 2. The molecule has 3 N–H and O–H groups in total. The Bertz CT molecular complexity index is 486. The Morgan fingerprint density at radius 3 is 3.00 bits per heavy atom. The molecular weight excluding hydrogens is 255 g/mol. The fourth-order valence-electron chi connectivity index (χ4n) is 2.20. The molecule has 1 saturated carbocycles. The molecule has 0 unspecified atom stereocenters. The van der Waals surface area contributed by atoms with Crippen LogP contribution in [0.25, 0.3) is 0 Å². The molecule has 2 atom stereocenters. The van der Waals surface area contributed by atoms with Gasteiger partial charge in [-0.3, -0.25) is 0 Å². The normalized spacial score (nSPS) is 23.4. The lowest BCUT2D eigenvalue weighted by Crippen LogP contribution is -2.35. The molecule has 1 aromatic heterocycles. The van der Waals surface area contributed by atoms with Gasteiger partial charge >= 0.3 is 0 Å². The van der Waals surface area contributed by atoms with Crippen molar-refractivity contribution in [2.24, 2.45) is 5.73 Å². The van der Waals surface area contributed by atoms with Crippen LogP contribution in [0.4, 0.5) is 10.2 Å². The molecule has 0 amide bonds. The molecule has 0 aromatic carbocycles. The number of pyridine rings is 1. The van der Waals surface area contributed by atoms with Crippen molar-refractivity contribution in [3.8, 4) is 6.07 Å². The second kappa shape index (κ2) is 5.51. The first kappa shape index (κ1) is 13.1. The Morgan fingerprint density at radius 1 is 1.56 bits per heavy atom. The summed E-state index contributed by atoms with van der Waals surface area (Å²) in [5, 5.41) is 11.7. The van der Waals surface area contributed by atoms with E-state index in [1.807, 2.05) is 0 Å². The van der Waals surface area contributed by atoms with Crippen LogP contribution in [0.15, 0.2) is 6.07 Å². The van der Waals surface area contributed by atoms with Crippen LogP contribution in [0.5, 0.6) is 0 Å². The predicted molar refractivity (Wildman–Crippen MR) is 67.8 cm³/mol. The second-order valence-corrected chi connectivity index (χ2v) is 4.89. The topological polar surface area (TPSA) is 74.7 Å². The summed E-state index contributed by atoms with van der Waals surface area (Å²) in [7, 11) is 0. The number of aromatic nitrogens is 1. The maximum absolute atomic E-state index is 13.7. The minimum Gasteiger partial charge on any atom is -0.365 e. The van der Waals surface area contributed by atoms with Crippen LogP contribution in [0, 0.1) is 17.1 Å². The van der Waals surface area contributed by atoms with Crippen LogP contribution in [-0.4, -0.2) is 17.1 Å². The van der Waals surface area contributed by atoms with E-state index in [-0.39, 0.29) is 28.6 Å². The predicted octanol–water partition coefficient (Wildman–Crippen LogP) is 2.43. The summed E-state index contributed by atoms with van der Waals surface area (Å²) in [6, 6.07) is 3.15. The number of nitrogens with one attached hydrogen (secondary N) is 1. The van der Waals surface area contributed by atoms with E-state index >= 15 is 0 Å². The third kappa shape index (κ3) is 2.89. The quantitative estimate of drug-likeness (QED) is 0.808. The lowest BCUT2D eigenvalue weighted by molar-refractivity contribution is 0.407. The van der Waals surface area contributed by atoms with Crippen LogP contribution in [0.2, 0.25) is 5.15 Å². The van der Waals surface area contributed by atoms with E-state index in [2.05, 4.69) is 10.3 Å².